The third-order valence-corrected chi connectivity index (χ3v) is 7.16. The lowest BCUT2D eigenvalue weighted by Crippen LogP contribution is -2.14. The predicted octanol–water partition coefficient (Wildman–Crippen LogP) is 2.53. The van der Waals surface area contributed by atoms with Gasteiger partial charge in [0.25, 0.3) is 0 Å². The number of hydrogen-bond donors (Lipinski definition) is 3. The van der Waals surface area contributed by atoms with Crippen molar-refractivity contribution in [2.24, 2.45) is 7.05 Å². The van der Waals surface area contributed by atoms with Gasteiger partial charge < -0.3 is 10.1 Å². The highest BCUT2D eigenvalue weighted by molar-refractivity contribution is 7.89. The van der Waals surface area contributed by atoms with Crippen molar-refractivity contribution in [3.8, 4) is 5.88 Å². The average molecular weight is 432 g/mol. The van der Waals surface area contributed by atoms with Crippen molar-refractivity contribution in [1.82, 2.24) is 24.7 Å². The van der Waals surface area contributed by atoms with Gasteiger partial charge in [0.1, 0.15) is 6.10 Å². The summed E-state index contributed by atoms with van der Waals surface area (Å²) in [5.41, 5.74) is 1.29. The molecule has 1 fully saturated rings. The zero-order valence-electron chi connectivity index (χ0n) is 16.2. The molecule has 1 aliphatic carbocycles. The fourth-order valence-corrected chi connectivity index (χ4v) is 5.31. The Bertz CT molecular complexity index is 1200. The van der Waals surface area contributed by atoms with Gasteiger partial charge in [-0.1, -0.05) is 0 Å². The van der Waals surface area contributed by atoms with Crippen LogP contribution in [0.5, 0.6) is 5.88 Å². The Morgan fingerprint density at radius 2 is 2.17 bits per heavy atom. The number of fused-ring (bicyclic) bond motifs is 1. The van der Waals surface area contributed by atoms with E-state index in [1.165, 1.54) is 12.1 Å². The quantitative estimate of drug-likeness (QED) is 0.571. The summed E-state index contributed by atoms with van der Waals surface area (Å²) in [6.07, 6.45) is 4.55. The molecule has 1 aromatic carbocycles. The van der Waals surface area contributed by atoms with Gasteiger partial charge in [0.2, 0.25) is 15.9 Å². The number of aromatic amines is 1. The van der Waals surface area contributed by atoms with Crippen LogP contribution in [-0.4, -0.2) is 34.5 Å². The van der Waals surface area contributed by atoms with E-state index in [1.54, 1.807) is 10.9 Å². The summed E-state index contributed by atoms with van der Waals surface area (Å²) >= 11 is 0. The third-order valence-electron chi connectivity index (χ3n) is 5.68. The molecule has 0 radical (unpaired) electrons. The summed E-state index contributed by atoms with van der Waals surface area (Å²) in [5, 5.41) is 14.3. The molecular weight excluding hydrogens is 411 g/mol. The smallest absolute Gasteiger partial charge is 0.241 e. The van der Waals surface area contributed by atoms with Gasteiger partial charge in [-0.05, 0) is 31.4 Å². The van der Waals surface area contributed by atoms with Crippen LogP contribution in [0, 0.1) is 5.82 Å². The molecule has 0 saturated heterocycles. The van der Waals surface area contributed by atoms with Gasteiger partial charge in [0.05, 0.1) is 16.8 Å². The average Bonchev–Trinajstić information content (AvgIpc) is 3.48. The van der Waals surface area contributed by atoms with E-state index < -0.39 is 15.8 Å². The molecule has 158 valence electrons. The molecule has 2 atom stereocenters. The number of benzene rings is 1. The molecule has 0 bridgehead atoms. The maximum Gasteiger partial charge on any atom is 0.241 e. The molecule has 1 saturated carbocycles. The molecule has 0 unspecified atom stereocenters. The fraction of sp³-hybridized carbons (Fsp3) is 0.368. The molecule has 9 nitrogen and oxygen atoms in total. The van der Waals surface area contributed by atoms with E-state index in [-0.39, 0.29) is 34.7 Å². The van der Waals surface area contributed by atoms with Crippen LogP contribution in [0.4, 0.5) is 15.9 Å². The minimum atomic E-state index is -3.61. The number of aromatic nitrogens is 4. The summed E-state index contributed by atoms with van der Waals surface area (Å²) in [5.74, 6) is 0.909. The first-order chi connectivity index (χ1) is 14.4. The Labute approximate surface area is 172 Å². The number of halogens is 1. The monoisotopic (exact) mass is 432 g/mol. The second-order valence-electron chi connectivity index (χ2n) is 7.60. The summed E-state index contributed by atoms with van der Waals surface area (Å²) in [6.45, 7) is -0.0506. The number of nitrogens with one attached hydrogen (secondary N) is 3. The van der Waals surface area contributed by atoms with Crippen LogP contribution in [0.15, 0.2) is 35.4 Å². The van der Waals surface area contributed by atoms with E-state index >= 15 is 0 Å². The zero-order chi connectivity index (χ0) is 20.9. The SMILES string of the molecule is Cn1nccc1O[C@@H]1CC[C@H](c2cc(Nc3ccc4c(c3F)CNS4(=O)=O)n[nH]2)C1. The van der Waals surface area contributed by atoms with E-state index in [0.29, 0.717) is 5.82 Å². The van der Waals surface area contributed by atoms with Crippen molar-refractivity contribution in [2.75, 3.05) is 5.32 Å². The largest absolute Gasteiger partial charge is 0.474 e. The molecule has 0 spiro atoms. The Kier molecular flexibility index (Phi) is 4.51. The van der Waals surface area contributed by atoms with Crippen molar-refractivity contribution in [1.29, 1.82) is 0 Å². The highest BCUT2D eigenvalue weighted by Crippen LogP contribution is 2.37. The second kappa shape index (κ2) is 7.10. The van der Waals surface area contributed by atoms with Gasteiger partial charge in [-0.15, -0.1) is 0 Å². The molecule has 1 aliphatic heterocycles. The van der Waals surface area contributed by atoms with Crippen LogP contribution < -0.4 is 14.8 Å². The number of ether oxygens (including phenoxy) is 1. The van der Waals surface area contributed by atoms with E-state index in [0.717, 1.165) is 30.8 Å². The van der Waals surface area contributed by atoms with Gasteiger partial charge >= 0.3 is 0 Å². The van der Waals surface area contributed by atoms with Gasteiger partial charge in [0, 0.05) is 42.9 Å². The molecule has 2 aliphatic rings. The van der Waals surface area contributed by atoms with Crippen molar-refractivity contribution < 1.29 is 17.5 Å². The molecule has 30 heavy (non-hydrogen) atoms. The number of rotatable bonds is 5. The van der Waals surface area contributed by atoms with Crippen molar-refractivity contribution in [3.05, 3.63) is 47.5 Å². The normalized spacial score (nSPS) is 22.2. The first-order valence-electron chi connectivity index (χ1n) is 9.69. The Hall–Kier alpha value is -2.92. The lowest BCUT2D eigenvalue weighted by Gasteiger charge is -2.13. The molecule has 11 heteroatoms. The molecular formula is C19H21FN6O3S. The van der Waals surface area contributed by atoms with Gasteiger partial charge in [-0.3, -0.25) is 5.10 Å². The fourth-order valence-electron chi connectivity index (χ4n) is 4.09. The molecule has 2 aromatic heterocycles. The number of H-pyrrole nitrogens is 1. The maximum atomic E-state index is 14.7. The van der Waals surface area contributed by atoms with Gasteiger partial charge in [-0.2, -0.15) is 10.2 Å². The lowest BCUT2D eigenvalue weighted by atomic mass is 10.0. The number of hydrogen-bond acceptors (Lipinski definition) is 6. The summed E-state index contributed by atoms with van der Waals surface area (Å²) in [4.78, 5) is -0.0151. The van der Waals surface area contributed by atoms with Crippen LogP contribution in [0.25, 0.3) is 0 Å². The van der Waals surface area contributed by atoms with Crippen LogP contribution in [0.1, 0.15) is 36.4 Å². The van der Waals surface area contributed by atoms with E-state index in [9.17, 15) is 12.8 Å². The van der Waals surface area contributed by atoms with Crippen molar-refractivity contribution in [2.45, 2.75) is 42.7 Å². The standard InChI is InChI=1S/C19H21FN6O3S/c1-26-18(6-7-21-26)29-12-3-2-11(8-12)15-9-17(25-24-15)23-14-4-5-16-13(19(14)20)10-22-30(16,27)28/h4-7,9,11-12,22H,2-3,8,10H2,1H3,(H2,23,24,25)/t11-,12+/m0/s1. The minimum Gasteiger partial charge on any atom is -0.474 e. The summed E-state index contributed by atoms with van der Waals surface area (Å²) < 4.78 is 48.5. The van der Waals surface area contributed by atoms with Crippen LogP contribution in [0.3, 0.4) is 0 Å². The van der Waals surface area contributed by atoms with E-state index in [2.05, 4.69) is 25.3 Å². The van der Waals surface area contributed by atoms with Crippen LogP contribution in [0.2, 0.25) is 0 Å². The maximum absolute atomic E-state index is 14.7. The molecule has 3 N–H and O–H groups in total. The highest BCUT2D eigenvalue weighted by atomic mass is 32.2. The summed E-state index contributed by atoms with van der Waals surface area (Å²) in [6, 6.07) is 6.53. The highest BCUT2D eigenvalue weighted by Gasteiger charge is 2.31. The number of sulfonamides is 1. The molecule has 0 amide bonds. The minimum absolute atomic E-state index is 0.0151. The van der Waals surface area contributed by atoms with Gasteiger partial charge in [0.15, 0.2) is 11.6 Å². The van der Waals surface area contributed by atoms with Gasteiger partial charge in [-0.25, -0.2) is 22.2 Å². The number of nitrogens with zero attached hydrogens (tertiary/aromatic N) is 3. The van der Waals surface area contributed by atoms with Crippen molar-refractivity contribution >= 4 is 21.5 Å². The molecule has 3 aromatic rings. The topological polar surface area (TPSA) is 114 Å². The van der Waals surface area contributed by atoms with Crippen LogP contribution in [-0.2, 0) is 23.6 Å². The molecule has 5 rings (SSSR count). The summed E-state index contributed by atoms with van der Waals surface area (Å²) in [7, 11) is -1.76. The van der Waals surface area contributed by atoms with E-state index in [1.807, 2.05) is 19.2 Å². The second-order valence-corrected chi connectivity index (χ2v) is 9.34. The molecule has 3 heterocycles. The Morgan fingerprint density at radius 1 is 1.30 bits per heavy atom. The number of anilines is 2. The number of aryl methyl sites for hydroxylation is 1. The lowest BCUT2D eigenvalue weighted by molar-refractivity contribution is 0.190. The third kappa shape index (κ3) is 3.33. The van der Waals surface area contributed by atoms with Crippen molar-refractivity contribution in [3.63, 3.8) is 0 Å². The van der Waals surface area contributed by atoms with Crippen LogP contribution >= 0.6 is 0 Å². The Morgan fingerprint density at radius 3 is 2.97 bits per heavy atom. The Balaban J connectivity index is 1.27. The zero-order valence-corrected chi connectivity index (χ0v) is 17.0. The predicted molar refractivity (Wildman–Crippen MR) is 107 cm³/mol. The van der Waals surface area contributed by atoms with E-state index in [4.69, 9.17) is 4.74 Å². The first-order valence-corrected chi connectivity index (χ1v) is 11.2. The first kappa shape index (κ1) is 19.1.